The molecule has 1 aliphatic carbocycles. The van der Waals surface area contributed by atoms with Crippen LogP contribution < -0.4 is 15.5 Å². The Hall–Kier alpha value is -2.11. The van der Waals surface area contributed by atoms with Crippen molar-refractivity contribution in [3.8, 4) is 5.88 Å². The van der Waals surface area contributed by atoms with Crippen LogP contribution in [0.15, 0.2) is 24.5 Å². The fourth-order valence-corrected chi connectivity index (χ4v) is 3.08. The maximum atomic E-state index is 12.1. The molecule has 0 bridgehead atoms. The van der Waals surface area contributed by atoms with Gasteiger partial charge in [-0.25, -0.2) is 9.97 Å². The van der Waals surface area contributed by atoms with Crippen molar-refractivity contribution in [1.29, 1.82) is 0 Å². The number of carbonyl (C=O) groups excluding carboxylic acids is 1. The van der Waals surface area contributed by atoms with E-state index in [2.05, 4.69) is 22.2 Å². The zero-order chi connectivity index (χ0) is 16.2. The number of hydrogen-bond donors (Lipinski definition) is 1. The predicted octanol–water partition coefficient (Wildman–Crippen LogP) is 1.50. The van der Waals surface area contributed by atoms with E-state index in [9.17, 15) is 4.79 Å². The van der Waals surface area contributed by atoms with Crippen LogP contribution in [-0.4, -0.2) is 36.4 Å². The van der Waals surface area contributed by atoms with Crippen molar-refractivity contribution in [3.63, 3.8) is 0 Å². The van der Waals surface area contributed by atoms with E-state index in [1.165, 1.54) is 25.6 Å². The minimum Gasteiger partial charge on any atom is -0.467 e. The van der Waals surface area contributed by atoms with E-state index in [1.807, 2.05) is 6.07 Å². The molecule has 2 atom stereocenters. The van der Waals surface area contributed by atoms with Gasteiger partial charge in [-0.05, 0) is 24.8 Å². The molecule has 1 amide bonds. The predicted molar refractivity (Wildman–Crippen MR) is 90.0 cm³/mol. The Kier molecular flexibility index (Phi) is 4.79. The van der Waals surface area contributed by atoms with Crippen molar-refractivity contribution < 1.29 is 9.53 Å². The monoisotopic (exact) mass is 309 g/mol. The molecule has 3 rings (SSSR count). The van der Waals surface area contributed by atoms with Gasteiger partial charge in [-0.1, -0.05) is 37.4 Å². The zero-order valence-corrected chi connectivity index (χ0v) is 13.3. The Morgan fingerprint density at radius 2 is 2.17 bits per heavy atom. The van der Waals surface area contributed by atoms with Crippen LogP contribution in [0.25, 0.3) is 10.9 Å². The van der Waals surface area contributed by atoms with E-state index in [0.29, 0.717) is 22.6 Å². The molecular formula is C17H20BN3O2. The van der Waals surface area contributed by atoms with Crippen LogP contribution in [0.3, 0.4) is 0 Å². The number of hydrogen-bond acceptors (Lipinski definition) is 4. The van der Waals surface area contributed by atoms with Gasteiger partial charge in [-0.2, -0.15) is 0 Å². The normalized spacial score (nSPS) is 21.1. The van der Waals surface area contributed by atoms with Crippen molar-refractivity contribution in [2.45, 2.75) is 38.6 Å². The minimum absolute atomic E-state index is 0.0515. The fourth-order valence-electron chi connectivity index (χ4n) is 3.08. The number of benzene rings is 1. The van der Waals surface area contributed by atoms with Crippen LogP contribution in [0.5, 0.6) is 5.88 Å². The summed E-state index contributed by atoms with van der Waals surface area (Å²) in [5.41, 5.74) is 1.35. The van der Waals surface area contributed by atoms with Crippen molar-refractivity contribution in [2.75, 3.05) is 6.61 Å². The number of carbonyl (C=O) groups is 1. The molecule has 0 aliphatic heterocycles. The third-order valence-electron chi connectivity index (χ3n) is 4.42. The third kappa shape index (κ3) is 3.81. The third-order valence-corrected chi connectivity index (χ3v) is 4.42. The van der Waals surface area contributed by atoms with E-state index in [0.717, 1.165) is 11.9 Å². The van der Waals surface area contributed by atoms with Crippen LogP contribution in [-0.2, 0) is 4.79 Å². The molecule has 1 aliphatic rings. The summed E-state index contributed by atoms with van der Waals surface area (Å²) in [5.74, 6) is 0.793. The molecule has 0 saturated heterocycles. The van der Waals surface area contributed by atoms with E-state index in [4.69, 9.17) is 12.6 Å². The average molecular weight is 309 g/mol. The number of nitrogens with zero attached hydrogens (tertiary/aromatic N) is 2. The smallest absolute Gasteiger partial charge is 0.258 e. The molecule has 1 fully saturated rings. The van der Waals surface area contributed by atoms with Gasteiger partial charge in [0, 0.05) is 6.04 Å². The standard InChI is InChI=1S/C17H20BN3O2/c1-11-4-2-3-5-14(11)21-16(22)9-23-17-13-8-12(18)6-7-15(13)19-10-20-17/h6-8,10-11,14H,2-5,9H2,1H3,(H,21,22). The molecule has 118 valence electrons. The van der Waals surface area contributed by atoms with E-state index in [-0.39, 0.29) is 18.6 Å². The summed E-state index contributed by atoms with van der Waals surface area (Å²) in [6.45, 7) is 2.13. The number of fused-ring (bicyclic) bond motifs is 1. The van der Waals surface area contributed by atoms with Crippen LogP contribution in [0.1, 0.15) is 32.6 Å². The first kappa shape index (κ1) is 15.8. The maximum Gasteiger partial charge on any atom is 0.258 e. The second kappa shape index (κ2) is 6.98. The van der Waals surface area contributed by atoms with Crippen molar-refractivity contribution in [3.05, 3.63) is 24.5 Å². The highest BCUT2D eigenvalue weighted by molar-refractivity contribution is 6.33. The Bertz CT molecular complexity index is 707. The molecule has 1 aromatic heterocycles. The summed E-state index contributed by atoms with van der Waals surface area (Å²) in [6.07, 6.45) is 6.06. The number of nitrogens with one attached hydrogen (secondary N) is 1. The Labute approximate surface area is 137 Å². The zero-order valence-electron chi connectivity index (χ0n) is 13.3. The minimum atomic E-state index is -0.112. The topological polar surface area (TPSA) is 64.1 Å². The molecule has 6 heteroatoms. The molecule has 0 spiro atoms. The van der Waals surface area contributed by atoms with Gasteiger partial charge >= 0.3 is 0 Å². The van der Waals surface area contributed by atoms with Gasteiger partial charge in [-0.3, -0.25) is 4.79 Å². The molecule has 2 radical (unpaired) electrons. The molecule has 1 saturated carbocycles. The van der Waals surface area contributed by atoms with Gasteiger partial charge in [0.05, 0.1) is 10.9 Å². The summed E-state index contributed by atoms with van der Waals surface area (Å²) in [4.78, 5) is 20.4. The quantitative estimate of drug-likeness (QED) is 0.869. The van der Waals surface area contributed by atoms with Crippen LogP contribution in [0.4, 0.5) is 0 Å². The molecule has 23 heavy (non-hydrogen) atoms. The summed E-state index contributed by atoms with van der Waals surface area (Å²) in [7, 11) is 5.80. The molecule has 1 N–H and O–H groups in total. The van der Waals surface area contributed by atoms with Gasteiger partial charge in [0.2, 0.25) is 5.88 Å². The highest BCUT2D eigenvalue weighted by Crippen LogP contribution is 2.24. The first-order valence-corrected chi connectivity index (χ1v) is 8.06. The van der Waals surface area contributed by atoms with E-state index >= 15 is 0 Å². The van der Waals surface area contributed by atoms with Gasteiger partial charge in [-0.15, -0.1) is 0 Å². The molecule has 5 nitrogen and oxygen atoms in total. The second-order valence-corrected chi connectivity index (χ2v) is 6.18. The largest absolute Gasteiger partial charge is 0.467 e. The first-order valence-electron chi connectivity index (χ1n) is 8.06. The molecule has 2 aromatic rings. The lowest BCUT2D eigenvalue weighted by Gasteiger charge is -2.29. The Morgan fingerprint density at radius 1 is 1.35 bits per heavy atom. The summed E-state index contributed by atoms with van der Waals surface area (Å²) in [5, 5.41) is 3.78. The molecule has 2 unspecified atom stereocenters. The maximum absolute atomic E-state index is 12.1. The lowest BCUT2D eigenvalue weighted by atomic mass is 9.86. The summed E-state index contributed by atoms with van der Waals surface area (Å²) >= 11 is 0. The van der Waals surface area contributed by atoms with Gasteiger partial charge in [0.1, 0.15) is 14.2 Å². The highest BCUT2D eigenvalue weighted by Gasteiger charge is 2.22. The summed E-state index contributed by atoms with van der Waals surface area (Å²) < 4.78 is 5.59. The van der Waals surface area contributed by atoms with Crippen molar-refractivity contribution >= 4 is 30.1 Å². The van der Waals surface area contributed by atoms with Crippen LogP contribution >= 0.6 is 0 Å². The lowest BCUT2D eigenvalue weighted by molar-refractivity contribution is -0.124. The molecule has 1 heterocycles. The van der Waals surface area contributed by atoms with Crippen molar-refractivity contribution in [2.24, 2.45) is 5.92 Å². The van der Waals surface area contributed by atoms with Crippen LogP contribution in [0.2, 0.25) is 0 Å². The lowest BCUT2D eigenvalue weighted by Crippen LogP contribution is -2.43. The molecular weight excluding hydrogens is 289 g/mol. The van der Waals surface area contributed by atoms with E-state index in [1.54, 1.807) is 12.1 Å². The Balaban J connectivity index is 1.64. The van der Waals surface area contributed by atoms with E-state index < -0.39 is 0 Å². The van der Waals surface area contributed by atoms with Gasteiger partial charge in [0.15, 0.2) is 6.61 Å². The molecule has 1 aromatic carbocycles. The second-order valence-electron chi connectivity index (χ2n) is 6.18. The average Bonchev–Trinajstić information content (AvgIpc) is 2.55. The number of aromatic nitrogens is 2. The highest BCUT2D eigenvalue weighted by atomic mass is 16.5. The first-order chi connectivity index (χ1) is 11.1. The fraction of sp³-hybridized carbons (Fsp3) is 0.471. The van der Waals surface area contributed by atoms with Gasteiger partial charge in [0.25, 0.3) is 5.91 Å². The van der Waals surface area contributed by atoms with Crippen molar-refractivity contribution in [1.82, 2.24) is 15.3 Å². The van der Waals surface area contributed by atoms with Crippen LogP contribution in [0, 0.1) is 5.92 Å². The SMILES string of the molecule is [B]c1ccc2ncnc(OCC(=O)NC3CCCCC3C)c2c1. The Morgan fingerprint density at radius 3 is 3.00 bits per heavy atom. The number of ether oxygens (including phenoxy) is 1. The van der Waals surface area contributed by atoms with Gasteiger partial charge < -0.3 is 10.1 Å². The summed E-state index contributed by atoms with van der Waals surface area (Å²) in [6, 6.07) is 5.59. The number of amides is 1. The number of rotatable bonds is 4.